The number of nitrogens with zero attached hydrogens (tertiary/aromatic N) is 1. The molecule has 0 saturated heterocycles. The molecular formula is C19H21ClN2O4S2. The fourth-order valence-electron chi connectivity index (χ4n) is 2.83. The number of anilines is 1. The molecule has 2 aromatic carbocycles. The maximum Gasteiger partial charge on any atom is 0.263 e. The van der Waals surface area contributed by atoms with Crippen molar-refractivity contribution in [3.8, 4) is 5.75 Å². The number of amides is 1. The molecule has 0 fully saturated rings. The van der Waals surface area contributed by atoms with E-state index < -0.39 is 16.1 Å². The van der Waals surface area contributed by atoms with Crippen molar-refractivity contribution in [3.05, 3.63) is 59.1 Å². The molecule has 2 aromatic rings. The number of halogens is 1. The lowest BCUT2D eigenvalue weighted by molar-refractivity contribution is -0.127. The monoisotopic (exact) mass is 440 g/mol. The zero-order chi connectivity index (χ0) is 20.1. The SMILES string of the molecule is CS(=O)(=O)N1C[C@H](C(=O)NCCSCc2cccc(Cl)c2)Oc2ccccc21. The van der Waals surface area contributed by atoms with Gasteiger partial charge in [-0.2, -0.15) is 11.8 Å². The first-order chi connectivity index (χ1) is 13.3. The highest BCUT2D eigenvalue weighted by molar-refractivity contribution is 7.98. The Bertz CT molecular complexity index is 952. The maximum absolute atomic E-state index is 12.5. The summed E-state index contributed by atoms with van der Waals surface area (Å²) in [6.45, 7) is 0.418. The highest BCUT2D eigenvalue weighted by atomic mass is 35.5. The average Bonchev–Trinajstić information content (AvgIpc) is 2.66. The summed E-state index contributed by atoms with van der Waals surface area (Å²) in [6, 6.07) is 14.5. The third-order valence-electron chi connectivity index (χ3n) is 4.13. The Morgan fingerprint density at radius 3 is 2.82 bits per heavy atom. The van der Waals surface area contributed by atoms with Crippen LogP contribution in [0.5, 0.6) is 5.75 Å². The van der Waals surface area contributed by atoms with Crippen LogP contribution >= 0.6 is 23.4 Å². The molecule has 3 rings (SSSR count). The first kappa shape index (κ1) is 20.8. The molecule has 1 heterocycles. The lowest BCUT2D eigenvalue weighted by Gasteiger charge is -2.33. The van der Waals surface area contributed by atoms with Crippen LogP contribution in [-0.4, -0.2) is 45.5 Å². The molecule has 6 nitrogen and oxygen atoms in total. The van der Waals surface area contributed by atoms with Crippen molar-refractivity contribution in [2.45, 2.75) is 11.9 Å². The van der Waals surface area contributed by atoms with Crippen LogP contribution in [0.15, 0.2) is 48.5 Å². The molecule has 0 aromatic heterocycles. The molecule has 0 radical (unpaired) electrons. The predicted octanol–water partition coefficient (Wildman–Crippen LogP) is 2.92. The van der Waals surface area contributed by atoms with Gasteiger partial charge in [0.25, 0.3) is 5.91 Å². The van der Waals surface area contributed by atoms with E-state index in [1.54, 1.807) is 36.0 Å². The van der Waals surface area contributed by atoms with Crippen molar-refractivity contribution in [2.75, 3.05) is 29.4 Å². The van der Waals surface area contributed by atoms with Gasteiger partial charge in [-0.3, -0.25) is 9.10 Å². The van der Waals surface area contributed by atoms with E-state index in [9.17, 15) is 13.2 Å². The molecule has 1 atom stereocenters. The Balaban J connectivity index is 1.52. The van der Waals surface area contributed by atoms with E-state index in [0.29, 0.717) is 23.0 Å². The van der Waals surface area contributed by atoms with Crippen molar-refractivity contribution in [3.63, 3.8) is 0 Å². The summed E-state index contributed by atoms with van der Waals surface area (Å²) in [6.07, 6.45) is 0.235. The Kier molecular flexibility index (Phi) is 6.74. The fourth-order valence-corrected chi connectivity index (χ4v) is 4.76. The van der Waals surface area contributed by atoms with Gasteiger partial charge in [-0.15, -0.1) is 0 Å². The third kappa shape index (κ3) is 5.33. The van der Waals surface area contributed by atoms with Gasteiger partial charge in [0.2, 0.25) is 10.0 Å². The first-order valence-corrected chi connectivity index (χ1v) is 12.1. The summed E-state index contributed by atoms with van der Waals surface area (Å²) in [4.78, 5) is 12.5. The topological polar surface area (TPSA) is 75.7 Å². The highest BCUT2D eigenvalue weighted by Crippen LogP contribution is 2.34. The number of carbonyl (C=O) groups excluding carboxylic acids is 1. The summed E-state index contributed by atoms with van der Waals surface area (Å²) in [5.41, 5.74) is 1.57. The smallest absolute Gasteiger partial charge is 0.263 e. The number of para-hydroxylation sites is 2. The second-order valence-corrected chi connectivity index (χ2v) is 9.79. The Hall–Kier alpha value is -1.90. The Morgan fingerprint density at radius 2 is 2.07 bits per heavy atom. The van der Waals surface area contributed by atoms with Gasteiger partial charge in [0.05, 0.1) is 18.5 Å². The number of fused-ring (bicyclic) bond motifs is 1. The summed E-state index contributed by atoms with van der Waals surface area (Å²) in [5, 5.41) is 3.53. The van der Waals surface area contributed by atoms with Gasteiger partial charge in [-0.05, 0) is 29.8 Å². The summed E-state index contributed by atoms with van der Waals surface area (Å²) >= 11 is 7.64. The van der Waals surface area contributed by atoms with Crippen LogP contribution in [-0.2, 0) is 20.6 Å². The van der Waals surface area contributed by atoms with E-state index in [0.717, 1.165) is 23.3 Å². The van der Waals surface area contributed by atoms with Gasteiger partial charge >= 0.3 is 0 Å². The Labute approximate surface area is 174 Å². The van der Waals surface area contributed by atoms with E-state index in [4.69, 9.17) is 16.3 Å². The zero-order valence-electron chi connectivity index (χ0n) is 15.3. The number of hydrogen-bond acceptors (Lipinski definition) is 5. The number of nitrogens with one attached hydrogen (secondary N) is 1. The van der Waals surface area contributed by atoms with Crippen LogP contribution in [0.1, 0.15) is 5.56 Å². The van der Waals surface area contributed by atoms with Crippen molar-refractivity contribution in [2.24, 2.45) is 0 Å². The molecule has 9 heteroatoms. The molecular weight excluding hydrogens is 420 g/mol. The van der Waals surface area contributed by atoms with Gasteiger partial charge < -0.3 is 10.1 Å². The van der Waals surface area contributed by atoms with E-state index in [1.807, 2.05) is 24.3 Å². The van der Waals surface area contributed by atoms with Gasteiger partial charge in [0.1, 0.15) is 5.75 Å². The lowest BCUT2D eigenvalue weighted by Crippen LogP contribution is -2.50. The van der Waals surface area contributed by atoms with E-state index in [1.165, 1.54) is 4.31 Å². The van der Waals surface area contributed by atoms with Crippen LogP contribution in [0.4, 0.5) is 5.69 Å². The third-order valence-corrected chi connectivity index (χ3v) is 6.54. The van der Waals surface area contributed by atoms with Crippen molar-refractivity contribution in [1.82, 2.24) is 5.32 Å². The molecule has 0 unspecified atom stereocenters. The van der Waals surface area contributed by atoms with Gasteiger partial charge in [-0.1, -0.05) is 35.9 Å². The number of hydrogen-bond donors (Lipinski definition) is 1. The minimum Gasteiger partial charge on any atom is -0.476 e. The van der Waals surface area contributed by atoms with Crippen LogP contribution in [0.3, 0.4) is 0 Å². The molecule has 28 heavy (non-hydrogen) atoms. The molecule has 1 amide bonds. The number of carbonyl (C=O) groups is 1. The van der Waals surface area contributed by atoms with Crippen molar-refractivity contribution < 1.29 is 17.9 Å². The predicted molar refractivity (Wildman–Crippen MR) is 114 cm³/mol. The van der Waals surface area contributed by atoms with Crippen LogP contribution in [0, 0.1) is 0 Å². The second kappa shape index (κ2) is 9.07. The van der Waals surface area contributed by atoms with E-state index >= 15 is 0 Å². The van der Waals surface area contributed by atoms with Gasteiger partial charge in [0.15, 0.2) is 6.10 Å². The van der Waals surface area contributed by atoms with Crippen LogP contribution in [0.25, 0.3) is 0 Å². The fraction of sp³-hybridized carbons (Fsp3) is 0.316. The minimum atomic E-state index is -3.51. The number of benzene rings is 2. The number of rotatable bonds is 7. The average molecular weight is 441 g/mol. The molecule has 0 spiro atoms. The summed E-state index contributed by atoms with van der Waals surface area (Å²) < 4.78 is 31.1. The molecule has 150 valence electrons. The molecule has 0 aliphatic carbocycles. The van der Waals surface area contributed by atoms with E-state index in [-0.39, 0.29) is 12.5 Å². The molecule has 1 aliphatic heterocycles. The lowest BCUT2D eigenvalue weighted by atomic mass is 10.2. The second-order valence-electron chi connectivity index (χ2n) is 6.34. The van der Waals surface area contributed by atoms with Crippen LogP contribution in [0.2, 0.25) is 5.02 Å². The summed E-state index contributed by atoms with van der Waals surface area (Å²) in [5.74, 6) is 1.57. The number of thioether (sulfide) groups is 1. The molecule has 0 bridgehead atoms. The highest BCUT2D eigenvalue weighted by Gasteiger charge is 2.34. The minimum absolute atomic E-state index is 0.0443. The zero-order valence-corrected chi connectivity index (χ0v) is 17.7. The normalized spacial score (nSPS) is 16.2. The maximum atomic E-state index is 12.5. The molecule has 1 aliphatic rings. The quantitative estimate of drug-likeness (QED) is 0.670. The molecule has 0 saturated carbocycles. The van der Waals surface area contributed by atoms with Crippen molar-refractivity contribution >= 4 is 45.0 Å². The standard InChI is InChI=1S/C19H21ClN2O4S2/c1-28(24,25)22-12-18(26-17-8-3-2-7-16(17)22)19(23)21-9-10-27-13-14-5-4-6-15(20)11-14/h2-8,11,18H,9-10,12-13H2,1H3,(H,21,23)/t18-/m1/s1. The van der Waals surface area contributed by atoms with Gasteiger partial charge in [0, 0.05) is 23.1 Å². The largest absolute Gasteiger partial charge is 0.476 e. The van der Waals surface area contributed by atoms with Crippen molar-refractivity contribution in [1.29, 1.82) is 0 Å². The number of ether oxygens (including phenoxy) is 1. The Morgan fingerprint density at radius 1 is 1.29 bits per heavy atom. The van der Waals surface area contributed by atoms with Crippen LogP contribution < -0.4 is 14.4 Å². The van der Waals surface area contributed by atoms with Gasteiger partial charge in [-0.25, -0.2) is 8.42 Å². The first-order valence-electron chi connectivity index (χ1n) is 8.68. The molecule has 1 N–H and O–H groups in total. The van der Waals surface area contributed by atoms with E-state index in [2.05, 4.69) is 5.32 Å². The number of sulfonamides is 1. The summed E-state index contributed by atoms with van der Waals surface area (Å²) in [7, 11) is -3.51.